The van der Waals surface area contributed by atoms with E-state index in [1.54, 1.807) is 0 Å². The Hall–Kier alpha value is -2.15. The molecule has 0 spiro atoms. The third-order valence-electron chi connectivity index (χ3n) is 5.95. The van der Waals surface area contributed by atoms with Crippen molar-refractivity contribution in [3.8, 4) is 0 Å². The molecule has 1 atom stereocenters. The summed E-state index contributed by atoms with van der Waals surface area (Å²) in [7, 11) is 0. The average molecular weight is 402 g/mol. The Balaban J connectivity index is 1.54. The van der Waals surface area contributed by atoms with Crippen molar-refractivity contribution in [3.63, 3.8) is 0 Å². The van der Waals surface area contributed by atoms with Gasteiger partial charge in [0.2, 0.25) is 11.8 Å². The topological polar surface area (TPSA) is 68.8 Å². The maximum absolute atomic E-state index is 13.2. The van der Waals surface area contributed by atoms with Crippen molar-refractivity contribution in [3.05, 3.63) is 24.4 Å². The summed E-state index contributed by atoms with van der Waals surface area (Å²) in [4.78, 5) is 36.3. The van der Waals surface area contributed by atoms with Crippen molar-refractivity contribution in [1.29, 1.82) is 0 Å². The van der Waals surface area contributed by atoms with Crippen molar-refractivity contribution >= 4 is 17.6 Å². The van der Waals surface area contributed by atoms with Crippen molar-refractivity contribution in [2.45, 2.75) is 39.0 Å². The van der Waals surface area contributed by atoms with Gasteiger partial charge in [0, 0.05) is 57.8 Å². The monoisotopic (exact) mass is 401 g/mol. The van der Waals surface area contributed by atoms with Gasteiger partial charge in [0.1, 0.15) is 5.82 Å². The second-order valence-corrected chi connectivity index (χ2v) is 8.07. The normalized spacial score (nSPS) is 22.7. The summed E-state index contributed by atoms with van der Waals surface area (Å²) in [6.07, 6.45) is 6.09. The van der Waals surface area contributed by atoms with Crippen LogP contribution < -0.4 is 10.2 Å². The molecule has 1 unspecified atom stereocenters. The molecular weight excluding hydrogens is 366 g/mol. The fourth-order valence-corrected chi connectivity index (χ4v) is 4.29. The Kier molecular flexibility index (Phi) is 8.28. The van der Waals surface area contributed by atoms with E-state index in [2.05, 4.69) is 27.0 Å². The molecule has 3 rings (SSSR count). The molecule has 2 saturated heterocycles. The van der Waals surface area contributed by atoms with Crippen LogP contribution in [0.25, 0.3) is 0 Å². The molecule has 0 bridgehead atoms. The molecule has 3 heterocycles. The van der Waals surface area contributed by atoms with Crippen molar-refractivity contribution in [2.24, 2.45) is 5.92 Å². The number of amides is 2. The number of aromatic nitrogens is 1. The number of piperazine rings is 1. The molecule has 2 aliphatic heterocycles. The Bertz CT molecular complexity index is 646. The Labute approximate surface area is 174 Å². The first-order chi connectivity index (χ1) is 14.2. The lowest BCUT2D eigenvalue weighted by atomic mass is 9.97. The van der Waals surface area contributed by atoms with E-state index in [0.717, 1.165) is 77.3 Å². The second kappa shape index (κ2) is 11.1. The maximum atomic E-state index is 13.2. The second-order valence-electron chi connectivity index (χ2n) is 8.07. The zero-order valence-corrected chi connectivity index (χ0v) is 17.7. The van der Waals surface area contributed by atoms with E-state index in [4.69, 9.17) is 0 Å². The third kappa shape index (κ3) is 6.42. The van der Waals surface area contributed by atoms with Gasteiger partial charge in [-0.25, -0.2) is 4.98 Å². The van der Waals surface area contributed by atoms with Crippen LogP contribution in [0.5, 0.6) is 0 Å². The number of nitrogens with zero attached hydrogens (tertiary/aromatic N) is 4. The summed E-state index contributed by atoms with van der Waals surface area (Å²) < 4.78 is 0. The zero-order chi connectivity index (χ0) is 20.5. The van der Waals surface area contributed by atoms with Gasteiger partial charge in [0.25, 0.3) is 0 Å². The van der Waals surface area contributed by atoms with Crippen molar-refractivity contribution in [2.75, 3.05) is 57.3 Å². The van der Waals surface area contributed by atoms with Gasteiger partial charge in [-0.2, -0.15) is 0 Å². The van der Waals surface area contributed by atoms with Gasteiger partial charge >= 0.3 is 0 Å². The van der Waals surface area contributed by atoms with Crippen LogP contribution in [0.15, 0.2) is 24.4 Å². The van der Waals surface area contributed by atoms with Crippen LogP contribution >= 0.6 is 0 Å². The first-order valence-corrected chi connectivity index (χ1v) is 11.1. The molecular formula is C22H35N5O2. The number of hydrogen-bond donors (Lipinski definition) is 1. The van der Waals surface area contributed by atoms with E-state index in [-0.39, 0.29) is 17.7 Å². The van der Waals surface area contributed by atoms with E-state index in [1.807, 2.05) is 29.3 Å². The minimum absolute atomic E-state index is 0.00160. The number of carbonyl (C=O) groups is 2. The molecule has 1 N–H and O–H groups in total. The van der Waals surface area contributed by atoms with Gasteiger partial charge in [0.05, 0.1) is 0 Å². The lowest BCUT2D eigenvalue weighted by Gasteiger charge is -2.37. The molecule has 29 heavy (non-hydrogen) atoms. The summed E-state index contributed by atoms with van der Waals surface area (Å²) in [6, 6.07) is 5.94. The Morgan fingerprint density at radius 2 is 1.97 bits per heavy atom. The zero-order valence-electron chi connectivity index (χ0n) is 17.7. The highest BCUT2D eigenvalue weighted by molar-refractivity contribution is 5.79. The van der Waals surface area contributed by atoms with Crippen molar-refractivity contribution < 1.29 is 9.59 Å². The number of rotatable bonds is 4. The van der Waals surface area contributed by atoms with E-state index in [9.17, 15) is 9.59 Å². The van der Waals surface area contributed by atoms with Crippen LogP contribution in [0.2, 0.25) is 0 Å². The summed E-state index contributed by atoms with van der Waals surface area (Å²) in [5, 5.41) is 3.01. The molecule has 0 radical (unpaired) electrons. The summed E-state index contributed by atoms with van der Waals surface area (Å²) in [5.41, 5.74) is 0. The van der Waals surface area contributed by atoms with Crippen LogP contribution in [0.1, 0.15) is 39.0 Å². The quantitative estimate of drug-likeness (QED) is 0.833. The lowest BCUT2D eigenvalue weighted by molar-refractivity contribution is -0.136. The van der Waals surface area contributed by atoms with Gasteiger partial charge in [-0.05, 0) is 50.9 Å². The van der Waals surface area contributed by atoms with Crippen LogP contribution in [0.3, 0.4) is 0 Å². The smallest absolute Gasteiger partial charge is 0.225 e. The molecule has 160 valence electrons. The van der Waals surface area contributed by atoms with Gasteiger partial charge in [-0.15, -0.1) is 0 Å². The molecule has 2 aliphatic rings. The number of anilines is 1. The molecule has 7 heteroatoms. The lowest BCUT2D eigenvalue weighted by Crippen LogP contribution is -2.51. The summed E-state index contributed by atoms with van der Waals surface area (Å²) >= 11 is 0. The van der Waals surface area contributed by atoms with Crippen LogP contribution in [0, 0.1) is 5.92 Å². The van der Waals surface area contributed by atoms with Crippen molar-refractivity contribution in [1.82, 2.24) is 20.1 Å². The van der Waals surface area contributed by atoms with Crippen LogP contribution in [0.4, 0.5) is 5.82 Å². The SMILES string of the molecule is CCCN1CCCC(C(=O)N2CCN(c3ccccn3)CC2)CCNC(=O)CC1. The largest absolute Gasteiger partial charge is 0.356 e. The molecule has 0 saturated carbocycles. The molecule has 1 aromatic rings. The first-order valence-electron chi connectivity index (χ1n) is 11.1. The highest BCUT2D eigenvalue weighted by Crippen LogP contribution is 2.19. The maximum Gasteiger partial charge on any atom is 0.225 e. The average Bonchev–Trinajstić information content (AvgIpc) is 2.80. The first kappa shape index (κ1) is 21.6. The Morgan fingerprint density at radius 3 is 2.69 bits per heavy atom. The molecule has 2 amide bonds. The summed E-state index contributed by atoms with van der Waals surface area (Å²) in [6.45, 7) is 8.67. The van der Waals surface area contributed by atoms with Crippen LogP contribution in [-0.4, -0.2) is 79.0 Å². The van der Waals surface area contributed by atoms with Gasteiger partial charge < -0.3 is 20.0 Å². The fraction of sp³-hybridized carbons (Fsp3) is 0.682. The molecule has 2 fully saturated rings. The van der Waals surface area contributed by atoms with E-state index < -0.39 is 0 Å². The number of hydrogen-bond acceptors (Lipinski definition) is 5. The predicted molar refractivity (Wildman–Crippen MR) is 115 cm³/mol. The van der Waals surface area contributed by atoms with E-state index in [1.165, 1.54) is 0 Å². The van der Waals surface area contributed by atoms with E-state index >= 15 is 0 Å². The number of pyridine rings is 1. The fourth-order valence-electron chi connectivity index (χ4n) is 4.29. The predicted octanol–water partition coefficient (Wildman–Crippen LogP) is 1.75. The number of nitrogens with one attached hydrogen (secondary N) is 1. The molecule has 0 aromatic carbocycles. The molecule has 1 aromatic heterocycles. The highest BCUT2D eigenvalue weighted by Gasteiger charge is 2.28. The minimum atomic E-state index is -0.00160. The van der Waals surface area contributed by atoms with Gasteiger partial charge in [-0.1, -0.05) is 13.0 Å². The standard InChI is InChI=1S/C22H35N5O2/c1-2-12-25-13-5-6-19(8-11-24-21(28)9-14-25)22(29)27-17-15-26(16-18-27)20-7-3-4-10-23-20/h3-4,7,10,19H,2,5-6,8-9,11-18H2,1H3,(H,24,28). The third-order valence-corrected chi connectivity index (χ3v) is 5.95. The Morgan fingerprint density at radius 1 is 1.14 bits per heavy atom. The van der Waals surface area contributed by atoms with E-state index in [0.29, 0.717) is 13.0 Å². The number of carbonyl (C=O) groups excluding carboxylic acids is 2. The molecule has 0 aliphatic carbocycles. The van der Waals surface area contributed by atoms with Gasteiger partial charge in [-0.3, -0.25) is 9.59 Å². The van der Waals surface area contributed by atoms with Crippen LogP contribution in [-0.2, 0) is 9.59 Å². The minimum Gasteiger partial charge on any atom is -0.356 e. The summed E-state index contributed by atoms with van der Waals surface area (Å²) in [5.74, 6) is 1.33. The highest BCUT2D eigenvalue weighted by atomic mass is 16.2. The molecule has 7 nitrogen and oxygen atoms in total. The van der Waals surface area contributed by atoms with Gasteiger partial charge in [0.15, 0.2) is 0 Å².